The van der Waals surface area contributed by atoms with Crippen LogP contribution >= 0.6 is 0 Å². The van der Waals surface area contributed by atoms with Gasteiger partial charge in [-0.05, 0) is 82.9 Å². The van der Waals surface area contributed by atoms with E-state index in [1.54, 1.807) is 0 Å². The van der Waals surface area contributed by atoms with Gasteiger partial charge in [-0.1, -0.05) is 176 Å². The summed E-state index contributed by atoms with van der Waals surface area (Å²) in [6, 6.07) is 83.2. The fourth-order valence-corrected chi connectivity index (χ4v) is 10.4. The second-order valence-electron chi connectivity index (χ2n) is 17.6. The van der Waals surface area contributed by atoms with E-state index in [0.717, 1.165) is 82.9 Å². The molecular formula is C63H39N5O. The lowest BCUT2D eigenvalue weighted by Gasteiger charge is -2.13. The average Bonchev–Trinajstić information content (AvgIpc) is 4.09. The van der Waals surface area contributed by atoms with Gasteiger partial charge in [0.2, 0.25) is 0 Å². The maximum atomic E-state index is 7.00. The number of furan rings is 1. The first-order valence-corrected chi connectivity index (χ1v) is 23.3. The lowest BCUT2D eigenvalue weighted by molar-refractivity contribution is 0.671. The monoisotopic (exact) mass is 881 g/mol. The summed E-state index contributed by atoms with van der Waals surface area (Å²) in [4.78, 5) is 15.7. The van der Waals surface area contributed by atoms with Gasteiger partial charge in [0.15, 0.2) is 23.1 Å². The second kappa shape index (κ2) is 15.6. The summed E-state index contributed by atoms with van der Waals surface area (Å²) in [5.74, 6) is 1.79. The van der Waals surface area contributed by atoms with E-state index < -0.39 is 0 Å². The van der Waals surface area contributed by atoms with Gasteiger partial charge in [-0.3, -0.25) is 0 Å². The molecule has 4 aromatic heterocycles. The van der Waals surface area contributed by atoms with E-state index >= 15 is 0 Å². The van der Waals surface area contributed by atoms with Crippen molar-refractivity contribution in [3.05, 3.63) is 237 Å². The van der Waals surface area contributed by atoms with Crippen molar-refractivity contribution in [1.29, 1.82) is 0 Å². The van der Waals surface area contributed by atoms with Crippen LogP contribution in [-0.2, 0) is 0 Å². The van der Waals surface area contributed by atoms with Crippen LogP contribution in [0.15, 0.2) is 241 Å². The number of benzene rings is 10. The molecule has 14 rings (SSSR count). The Labute approximate surface area is 396 Å². The van der Waals surface area contributed by atoms with Crippen LogP contribution in [0, 0.1) is 0 Å². The average molecular weight is 882 g/mol. The lowest BCUT2D eigenvalue weighted by Crippen LogP contribution is -2.02. The summed E-state index contributed by atoms with van der Waals surface area (Å²) in [6.45, 7) is 0. The molecule has 0 radical (unpaired) electrons. The van der Waals surface area contributed by atoms with E-state index in [-0.39, 0.29) is 0 Å². The summed E-state index contributed by atoms with van der Waals surface area (Å²) in [6.07, 6.45) is 0. The molecule has 0 fully saturated rings. The SMILES string of the molecule is c1ccc(-c2cccc(-c3ccc(-c4nc(-c5ccccc5)nc(-c5cccc6c7ccc8c9cc(-n%10c%11ccccc%11c%11ccccc%11%10)ccc9oc8c7n(-c7ccccc7)c56)n4)cc3)c2)cc1. The molecular weight excluding hydrogens is 843 g/mol. The standard InChI is InChI=1S/C63H39N5O/c1-4-16-40(17-5-1)44-20-14-21-45(38-44)41-30-32-43(33-31-41)62-64-61(42-18-6-2-7-19-42)65-63(66-62)53-27-15-26-50-51-35-36-52-54-39-47(67-55-28-12-10-24-48(55)49-25-11-13-29-56(49)67)34-37-57(54)69-60(52)59(51)68(58(50)53)46-22-8-3-9-23-46/h1-39H. The van der Waals surface area contributed by atoms with E-state index in [1.807, 2.05) is 24.3 Å². The number of rotatable bonds is 7. The molecule has 0 bridgehead atoms. The zero-order valence-corrected chi connectivity index (χ0v) is 37.2. The molecule has 0 spiro atoms. The molecule has 14 aromatic rings. The highest BCUT2D eigenvalue weighted by molar-refractivity contribution is 6.23. The number of nitrogens with zero attached hydrogens (tertiary/aromatic N) is 5. The molecule has 322 valence electrons. The van der Waals surface area contributed by atoms with Gasteiger partial charge in [0.1, 0.15) is 5.58 Å². The van der Waals surface area contributed by atoms with Crippen LogP contribution in [0.1, 0.15) is 0 Å². The fourth-order valence-electron chi connectivity index (χ4n) is 10.4. The number of para-hydroxylation sites is 4. The van der Waals surface area contributed by atoms with Gasteiger partial charge in [0, 0.05) is 60.4 Å². The van der Waals surface area contributed by atoms with Gasteiger partial charge >= 0.3 is 0 Å². The van der Waals surface area contributed by atoms with Crippen molar-refractivity contribution >= 4 is 65.6 Å². The number of hydrogen-bond donors (Lipinski definition) is 0. The predicted octanol–water partition coefficient (Wildman–Crippen LogP) is 16.3. The van der Waals surface area contributed by atoms with Gasteiger partial charge in [-0.25, -0.2) is 15.0 Å². The van der Waals surface area contributed by atoms with Gasteiger partial charge in [0.25, 0.3) is 0 Å². The highest BCUT2D eigenvalue weighted by atomic mass is 16.3. The predicted molar refractivity (Wildman–Crippen MR) is 283 cm³/mol. The third kappa shape index (κ3) is 6.30. The maximum Gasteiger partial charge on any atom is 0.166 e. The van der Waals surface area contributed by atoms with Crippen LogP contribution in [0.25, 0.3) is 133 Å². The molecule has 6 nitrogen and oxygen atoms in total. The van der Waals surface area contributed by atoms with Crippen molar-refractivity contribution < 1.29 is 4.42 Å². The van der Waals surface area contributed by atoms with Gasteiger partial charge in [-0.15, -0.1) is 0 Å². The van der Waals surface area contributed by atoms with Gasteiger partial charge < -0.3 is 13.6 Å². The molecule has 0 aliphatic heterocycles. The van der Waals surface area contributed by atoms with E-state index in [2.05, 4.69) is 221 Å². The Morgan fingerprint density at radius 1 is 0.290 bits per heavy atom. The normalized spacial score (nSPS) is 11.8. The molecule has 0 atom stereocenters. The van der Waals surface area contributed by atoms with Crippen LogP contribution in [0.4, 0.5) is 0 Å². The zero-order valence-electron chi connectivity index (χ0n) is 37.2. The summed E-state index contributed by atoms with van der Waals surface area (Å²) in [7, 11) is 0. The maximum absolute atomic E-state index is 7.00. The third-order valence-corrected chi connectivity index (χ3v) is 13.6. The molecule has 10 aromatic carbocycles. The first-order valence-electron chi connectivity index (χ1n) is 23.3. The van der Waals surface area contributed by atoms with Gasteiger partial charge in [-0.2, -0.15) is 0 Å². The second-order valence-corrected chi connectivity index (χ2v) is 17.6. The minimum Gasteiger partial charge on any atom is -0.454 e. The Balaban J connectivity index is 0.961. The number of fused-ring (bicyclic) bond motifs is 10. The molecule has 0 unspecified atom stereocenters. The van der Waals surface area contributed by atoms with Crippen molar-refractivity contribution in [3.8, 4) is 67.8 Å². The zero-order chi connectivity index (χ0) is 45.4. The van der Waals surface area contributed by atoms with Gasteiger partial charge in [0.05, 0.1) is 22.1 Å². The van der Waals surface area contributed by atoms with Crippen LogP contribution in [0.3, 0.4) is 0 Å². The summed E-state index contributed by atoms with van der Waals surface area (Å²) < 4.78 is 11.7. The molecule has 0 amide bonds. The van der Waals surface area contributed by atoms with E-state index in [1.165, 1.54) is 32.9 Å². The van der Waals surface area contributed by atoms with Crippen molar-refractivity contribution in [2.75, 3.05) is 0 Å². The van der Waals surface area contributed by atoms with E-state index in [9.17, 15) is 0 Å². The lowest BCUT2D eigenvalue weighted by atomic mass is 9.98. The Bertz CT molecular complexity index is 4230. The first kappa shape index (κ1) is 38.8. The van der Waals surface area contributed by atoms with Crippen molar-refractivity contribution in [3.63, 3.8) is 0 Å². The Morgan fingerprint density at radius 3 is 1.49 bits per heavy atom. The minimum absolute atomic E-state index is 0.584. The van der Waals surface area contributed by atoms with Crippen LogP contribution in [0.2, 0.25) is 0 Å². The smallest absolute Gasteiger partial charge is 0.166 e. The number of aromatic nitrogens is 5. The first-order chi connectivity index (χ1) is 34.2. The van der Waals surface area contributed by atoms with Crippen molar-refractivity contribution in [1.82, 2.24) is 24.1 Å². The largest absolute Gasteiger partial charge is 0.454 e. The van der Waals surface area contributed by atoms with Crippen LogP contribution in [0.5, 0.6) is 0 Å². The van der Waals surface area contributed by atoms with Crippen LogP contribution in [-0.4, -0.2) is 24.1 Å². The van der Waals surface area contributed by atoms with E-state index in [4.69, 9.17) is 19.4 Å². The Hall–Kier alpha value is -9.39. The highest BCUT2D eigenvalue weighted by Crippen LogP contribution is 2.44. The molecule has 69 heavy (non-hydrogen) atoms. The molecule has 0 aliphatic carbocycles. The Kier molecular flexibility index (Phi) is 8.79. The molecule has 0 aliphatic rings. The highest BCUT2D eigenvalue weighted by Gasteiger charge is 2.24. The fraction of sp³-hybridized carbons (Fsp3) is 0. The van der Waals surface area contributed by atoms with E-state index in [0.29, 0.717) is 17.5 Å². The molecule has 0 saturated heterocycles. The summed E-state index contributed by atoms with van der Waals surface area (Å²) >= 11 is 0. The quantitative estimate of drug-likeness (QED) is 0.160. The number of hydrogen-bond acceptors (Lipinski definition) is 4. The molecule has 4 heterocycles. The molecule has 0 N–H and O–H groups in total. The molecule has 6 heteroatoms. The minimum atomic E-state index is 0.584. The molecule has 0 saturated carbocycles. The Morgan fingerprint density at radius 2 is 0.797 bits per heavy atom. The van der Waals surface area contributed by atoms with Crippen LogP contribution < -0.4 is 0 Å². The van der Waals surface area contributed by atoms with Crippen molar-refractivity contribution in [2.24, 2.45) is 0 Å². The summed E-state index contributed by atoms with van der Waals surface area (Å²) in [5, 5.41) is 6.72. The third-order valence-electron chi connectivity index (χ3n) is 13.6. The summed E-state index contributed by atoms with van der Waals surface area (Å²) in [5.41, 5.74) is 15.4. The van der Waals surface area contributed by atoms with Crippen molar-refractivity contribution in [2.45, 2.75) is 0 Å². The topological polar surface area (TPSA) is 61.7 Å².